The summed E-state index contributed by atoms with van der Waals surface area (Å²) in [6, 6.07) is 13.5. The van der Waals surface area contributed by atoms with Gasteiger partial charge in [0, 0.05) is 15.8 Å². The summed E-state index contributed by atoms with van der Waals surface area (Å²) in [4.78, 5) is 11.9. The highest BCUT2D eigenvalue weighted by atomic mass is 127. The average molecular weight is 445 g/mol. The molecule has 122 valence electrons. The minimum Gasteiger partial charge on any atom is -0.338 e. The van der Waals surface area contributed by atoms with Crippen LogP contribution in [0.3, 0.4) is 0 Å². The minimum atomic E-state index is -3.67. The van der Waals surface area contributed by atoms with Gasteiger partial charge in [0.05, 0.1) is 4.90 Å². The molecule has 6 nitrogen and oxygen atoms in total. The summed E-state index contributed by atoms with van der Waals surface area (Å²) in [5.74, 6) is 0. The van der Waals surface area contributed by atoms with Crippen LogP contribution < -0.4 is 15.8 Å². The summed E-state index contributed by atoms with van der Waals surface area (Å²) >= 11 is 2.17. The molecule has 8 heteroatoms. The van der Waals surface area contributed by atoms with Gasteiger partial charge in [-0.2, -0.15) is 0 Å². The van der Waals surface area contributed by atoms with Gasteiger partial charge in [-0.15, -0.1) is 0 Å². The number of sulfonamides is 1. The molecule has 2 aromatic carbocycles. The zero-order chi connectivity index (χ0) is 16.9. The molecule has 2 amide bonds. The van der Waals surface area contributed by atoms with Crippen molar-refractivity contribution >= 4 is 44.3 Å². The van der Waals surface area contributed by atoms with Crippen molar-refractivity contribution in [3.05, 3.63) is 57.7 Å². The number of hydrogen-bond acceptors (Lipinski definition) is 3. The van der Waals surface area contributed by atoms with Gasteiger partial charge in [-0.1, -0.05) is 18.2 Å². The Morgan fingerprint density at radius 2 is 1.83 bits per heavy atom. The zero-order valence-corrected chi connectivity index (χ0v) is 15.1. The van der Waals surface area contributed by atoms with Crippen molar-refractivity contribution in [3.63, 3.8) is 0 Å². The first-order valence-corrected chi connectivity index (χ1v) is 9.39. The third-order valence-corrected chi connectivity index (χ3v) is 4.63. The SMILES string of the molecule is NS(=O)(=O)c1ccc(CCNC(=O)Nc2cccc(I)c2)cc1. The lowest BCUT2D eigenvalue weighted by atomic mass is 10.1. The van der Waals surface area contributed by atoms with Crippen LogP contribution in [0.15, 0.2) is 53.4 Å². The fourth-order valence-corrected chi connectivity index (χ4v) is 2.97. The molecule has 4 N–H and O–H groups in total. The van der Waals surface area contributed by atoms with Crippen molar-refractivity contribution in [2.45, 2.75) is 11.3 Å². The molecule has 2 aromatic rings. The van der Waals surface area contributed by atoms with Gasteiger partial charge in [0.2, 0.25) is 10.0 Å². The maximum atomic E-state index is 11.8. The number of hydrogen-bond donors (Lipinski definition) is 3. The molecule has 0 heterocycles. The Bertz CT molecular complexity index is 792. The Kier molecular flexibility index (Phi) is 5.97. The van der Waals surface area contributed by atoms with Crippen LogP contribution in [-0.4, -0.2) is 21.0 Å². The van der Waals surface area contributed by atoms with E-state index >= 15 is 0 Å². The monoisotopic (exact) mass is 445 g/mol. The number of carbonyl (C=O) groups excluding carboxylic acids is 1. The maximum Gasteiger partial charge on any atom is 0.319 e. The summed E-state index contributed by atoms with van der Waals surface area (Å²) in [5.41, 5.74) is 1.64. The van der Waals surface area contributed by atoms with E-state index in [2.05, 4.69) is 33.2 Å². The lowest BCUT2D eigenvalue weighted by Crippen LogP contribution is -2.30. The number of urea groups is 1. The fraction of sp³-hybridized carbons (Fsp3) is 0.133. The van der Waals surface area contributed by atoms with Crippen molar-refractivity contribution in [3.8, 4) is 0 Å². The average Bonchev–Trinajstić information content (AvgIpc) is 2.47. The van der Waals surface area contributed by atoms with Gasteiger partial charge in [-0.25, -0.2) is 18.4 Å². The van der Waals surface area contributed by atoms with Crippen LogP contribution in [0.4, 0.5) is 10.5 Å². The molecule has 0 spiro atoms. The van der Waals surface area contributed by atoms with Gasteiger partial charge < -0.3 is 10.6 Å². The number of rotatable bonds is 5. The molecule has 0 aliphatic heterocycles. The smallest absolute Gasteiger partial charge is 0.319 e. The van der Waals surface area contributed by atoms with Gasteiger partial charge in [-0.3, -0.25) is 0 Å². The molecule has 0 fully saturated rings. The summed E-state index contributed by atoms with van der Waals surface area (Å²) < 4.78 is 23.4. The van der Waals surface area contributed by atoms with Crippen LogP contribution in [-0.2, 0) is 16.4 Å². The Balaban J connectivity index is 1.81. The van der Waals surface area contributed by atoms with Crippen LogP contribution in [0.5, 0.6) is 0 Å². The van der Waals surface area contributed by atoms with E-state index in [1.807, 2.05) is 24.3 Å². The number of carbonyl (C=O) groups is 1. The minimum absolute atomic E-state index is 0.0747. The van der Waals surface area contributed by atoms with E-state index in [0.29, 0.717) is 13.0 Å². The van der Waals surface area contributed by atoms with E-state index < -0.39 is 10.0 Å². The molecule has 0 saturated heterocycles. The molecule has 0 radical (unpaired) electrons. The van der Waals surface area contributed by atoms with Crippen LogP contribution in [0.2, 0.25) is 0 Å². The summed E-state index contributed by atoms with van der Waals surface area (Å²) in [5, 5.41) is 10.5. The molecule has 0 aromatic heterocycles. The molecule has 0 saturated carbocycles. The summed E-state index contributed by atoms with van der Waals surface area (Å²) in [7, 11) is -3.67. The Hall–Kier alpha value is -1.65. The number of amides is 2. The topological polar surface area (TPSA) is 101 Å². The first-order chi connectivity index (χ1) is 10.8. The largest absolute Gasteiger partial charge is 0.338 e. The number of primary sulfonamides is 1. The normalized spacial score (nSPS) is 11.0. The molecule has 2 rings (SSSR count). The Morgan fingerprint density at radius 3 is 2.43 bits per heavy atom. The van der Waals surface area contributed by atoms with Crippen LogP contribution in [0, 0.1) is 3.57 Å². The van der Waals surface area contributed by atoms with Crippen molar-refractivity contribution in [2.75, 3.05) is 11.9 Å². The van der Waals surface area contributed by atoms with Gasteiger partial charge >= 0.3 is 6.03 Å². The zero-order valence-electron chi connectivity index (χ0n) is 12.1. The predicted octanol–water partition coefficient (Wildman–Crippen LogP) is 2.30. The lowest BCUT2D eigenvalue weighted by molar-refractivity contribution is 0.252. The van der Waals surface area contributed by atoms with E-state index in [9.17, 15) is 13.2 Å². The summed E-state index contributed by atoms with van der Waals surface area (Å²) in [6.45, 7) is 0.435. The fourth-order valence-electron chi connectivity index (χ4n) is 1.91. The first-order valence-electron chi connectivity index (χ1n) is 6.77. The highest BCUT2D eigenvalue weighted by Gasteiger charge is 2.07. The Labute approximate surface area is 148 Å². The predicted molar refractivity (Wildman–Crippen MR) is 97.7 cm³/mol. The van der Waals surface area contributed by atoms with Gasteiger partial charge in [0.1, 0.15) is 0 Å². The van der Waals surface area contributed by atoms with Crippen molar-refractivity contribution in [2.24, 2.45) is 5.14 Å². The Morgan fingerprint density at radius 1 is 1.13 bits per heavy atom. The van der Waals surface area contributed by atoms with E-state index in [-0.39, 0.29) is 10.9 Å². The van der Waals surface area contributed by atoms with Gasteiger partial charge in [0.25, 0.3) is 0 Å². The number of nitrogens with two attached hydrogens (primary N) is 1. The van der Waals surface area contributed by atoms with Crippen molar-refractivity contribution < 1.29 is 13.2 Å². The second kappa shape index (κ2) is 7.75. The molecule has 0 atom stereocenters. The highest BCUT2D eigenvalue weighted by molar-refractivity contribution is 14.1. The molecule has 0 aliphatic rings. The third kappa shape index (κ3) is 5.81. The number of halogens is 1. The second-order valence-corrected chi connectivity index (χ2v) is 7.64. The molecule has 0 aliphatic carbocycles. The highest BCUT2D eigenvalue weighted by Crippen LogP contribution is 2.12. The molecular formula is C15H16IN3O3S. The van der Waals surface area contributed by atoms with Crippen LogP contribution in [0.25, 0.3) is 0 Å². The first kappa shape index (κ1) is 17.7. The standard InChI is InChI=1S/C15H16IN3O3S/c16-12-2-1-3-13(10-12)19-15(20)18-9-8-11-4-6-14(7-5-11)23(17,21)22/h1-7,10H,8-9H2,(H2,17,21,22)(H2,18,19,20). The van der Waals surface area contributed by atoms with E-state index in [4.69, 9.17) is 5.14 Å². The van der Waals surface area contributed by atoms with Crippen molar-refractivity contribution in [1.82, 2.24) is 5.32 Å². The number of nitrogens with one attached hydrogen (secondary N) is 2. The summed E-state index contributed by atoms with van der Waals surface area (Å²) in [6.07, 6.45) is 0.588. The van der Waals surface area contributed by atoms with Crippen LogP contribution >= 0.6 is 22.6 Å². The molecule has 0 bridgehead atoms. The molecule has 0 unspecified atom stereocenters. The molecular weight excluding hydrogens is 429 g/mol. The van der Waals surface area contributed by atoms with Crippen molar-refractivity contribution in [1.29, 1.82) is 0 Å². The second-order valence-electron chi connectivity index (χ2n) is 4.83. The van der Waals surface area contributed by atoms with E-state index in [1.165, 1.54) is 12.1 Å². The number of anilines is 1. The van der Waals surface area contributed by atoms with E-state index in [1.54, 1.807) is 12.1 Å². The van der Waals surface area contributed by atoms with Gasteiger partial charge in [0.15, 0.2) is 0 Å². The maximum absolute atomic E-state index is 11.8. The third-order valence-electron chi connectivity index (χ3n) is 3.03. The van der Waals surface area contributed by atoms with Crippen LogP contribution in [0.1, 0.15) is 5.56 Å². The molecule has 23 heavy (non-hydrogen) atoms. The van der Waals surface area contributed by atoms with E-state index in [0.717, 1.165) is 14.8 Å². The van der Waals surface area contributed by atoms with Gasteiger partial charge in [-0.05, 0) is 64.9 Å². The number of benzene rings is 2. The lowest BCUT2D eigenvalue weighted by Gasteiger charge is -2.08. The quantitative estimate of drug-likeness (QED) is 0.616.